The monoisotopic (exact) mass is 291 g/mol. The Morgan fingerprint density at radius 1 is 1.20 bits per heavy atom. The number of alkyl halides is 1. The molecule has 0 amide bonds. The number of tetrazole rings is 1. The zero-order chi connectivity index (χ0) is 13.8. The number of rotatable bonds is 4. The number of piperidine rings is 1. The van der Waals surface area contributed by atoms with Gasteiger partial charge in [-0.1, -0.05) is 23.3 Å². The van der Waals surface area contributed by atoms with Gasteiger partial charge in [-0.2, -0.15) is 4.68 Å². The fraction of sp³-hybridized carbons (Fsp3) is 0.500. The van der Waals surface area contributed by atoms with Crippen molar-refractivity contribution in [1.82, 2.24) is 20.2 Å². The topological polar surface area (TPSA) is 46.8 Å². The lowest BCUT2D eigenvalue weighted by Crippen LogP contribution is -2.41. The summed E-state index contributed by atoms with van der Waals surface area (Å²) >= 11 is 5.93. The van der Waals surface area contributed by atoms with Crippen molar-refractivity contribution in [3.8, 4) is 5.69 Å². The molecule has 20 heavy (non-hydrogen) atoms. The molecule has 1 aliphatic rings. The molecule has 2 heterocycles. The molecule has 6 heteroatoms. The molecule has 1 aromatic heterocycles. The molecule has 106 valence electrons. The molecule has 1 aliphatic heterocycles. The Labute approximate surface area is 123 Å². The molecule has 1 saturated heterocycles. The quantitative estimate of drug-likeness (QED) is 0.813. The van der Waals surface area contributed by atoms with E-state index in [-0.39, 0.29) is 0 Å². The lowest BCUT2D eigenvalue weighted by molar-refractivity contribution is 0.442. The molecule has 0 bridgehead atoms. The number of hydrogen-bond acceptors (Lipinski definition) is 4. The van der Waals surface area contributed by atoms with Crippen LogP contribution in [0.4, 0.5) is 5.95 Å². The highest BCUT2D eigenvalue weighted by Gasteiger charge is 2.26. The Hall–Kier alpha value is -1.62. The van der Waals surface area contributed by atoms with E-state index in [9.17, 15) is 0 Å². The fourth-order valence-corrected chi connectivity index (χ4v) is 3.04. The maximum absolute atomic E-state index is 5.93. The van der Waals surface area contributed by atoms with E-state index in [4.69, 9.17) is 11.6 Å². The van der Waals surface area contributed by atoms with E-state index in [1.165, 1.54) is 12.8 Å². The average Bonchev–Trinajstić information content (AvgIpc) is 2.98. The molecule has 0 spiro atoms. The standard InChI is InChI=1S/C14H18ClN5/c15-10-9-12-6-4-5-11-19(12)14-16-17-18-20(14)13-7-2-1-3-8-13/h1-3,7-8,12H,4-6,9-11H2. The van der Waals surface area contributed by atoms with Crippen molar-refractivity contribution in [2.75, 3.05) is 17.3 Å². The first-order valence-electron chi connectivity index (χ1n) is 7.06. The summed E-state index contributed by atoms with van der Waals surface area (Å²) in [6.07, 6.45) is 4.57. The van der Waals surface area contributed by atoms with Gasteiger partial charge in [0.2, 0.25) is 0 Å². The molecule has 0 saturated carbocycles. The third kappa shape index (κ3) is 2.63. The van der Waals surface area contributed by atoms with Crippen LogP contribution in [-0.2, 0) is 0 Å². The number of halogens is 1. The van der Waals surface area contributed by atoms with Crippen LogP contribution >= 0.6 is 11.6 Å². The first-order valence-corrected chi connectivity index (χ1v) is 7.60. The van der Waals surface area contributed by atoms with Gasteiger partial charge in [0.15, 0.2) is 0 Å². The lowest BCUT2D eigenvalue weighted by atomic mass is 10.0. The minimum absolute atomic E-state index is 0.440. The van der Waals surface area contributed by atoms with E-state index in [0.717, 1.165) is 31.0 Å². The van der Waals surface area contributed by atoms with Gasteiger partial charge in [0, 0.05) is 18.5 Å². The molecule has 5 nitrogen and oxygen atoms in total. The molecule has 2 aromatic rings. The molecule has 0 aliphatic carbocycles. The Kier molecular flexibility index (Phi) is 4.16. The second-order valence-corrected chi connectivity index (χ2v) is 5.42. The first-order chi connectivity index (χ1) is 9.90. The van der Waals surface area contributed by atoms with Crippen LogP contribution in [-0.4, -0.2) is 38.7 Å². The van der Waals surface area contributed by atoms with Crippen molar-refractivity contribution >= 4 is 17.5 Å². The minimum Gasteiger partial charge on any atom is -0.336 e. The highest BCUT2D eigenvalue weighted by atomic mass is 35.5. The largest absolute Gasteiger partial charge is 0.336 e. The maximum Gasteiger partial charge on any atom is 0.250 e. The summed E-state index contributed by atoms with van der Waals surface area (Å²) in [5.74, 6) is 1.50. The van der Waals surface area contributed by atoms with E-state index >= 15 is 0 Å². The fourth-order valence-electron chi connectivity index (χ4n) is 2.79. The van der Waals surface area contributed by atoms with Crippen LogP contribution in [0.25, 0.3) is 5.69 Å². The van der Waals surface area contributed by atoms with Gasteiger partial charge in [-0.25, -0.2) is 0 Å². The lowest BCUT2D eigenvalue weighted by Gasteiger charge is -2.35. The molecule has 0 radical (unpaired) electrons. The van der Waals surface area contributed by atoms with Crippen molar-refractivity contribution in [2.45, 2.75) is 31.7 Å². The van der Waals surface area contributed by atoms with Crippen LogP contribution in [0.3, 0.4) is 0 Å². The van der Waals surface area contributed by atoms with Crippen LogP contribution in [0.15, 0.2) is 30.3 Å². The summed E-state index contributed by atoms with van der Waals surface area (Å²) in [5, 5.41) is 12.2. The van der Waals surface area contributed by atoms with Gasteiger partial charge in [0.25, 0.3) is 5.95 Å². The molecule has 1 fully saturated rings. The third-order valence-electron chi connectivity index (χ3n) is 3.78. The predicted molar refractivity (Wildman–Crippen MR) is 79.5 cm³/mol. The second kappa shape index (κ2) is 6.22. The SMILES string of the molecule is ClCCC1CCCCN1c1nnnn1-c1ccccc1. The van der Waals surface area contributed by atoms with Gasteiger partial charge in [-0.05, 0) is 48.2 Å². The van der Waals surface area contributed by atoms with Crippen molar-refractivity contribution in [1.29, 1.82) is 0 Å². The molecule has 1 unspecified atom stereocenters. The number of aromatic nitrogens is 4. The number of para-hydroxylation sites is 1. The average molecular weight is 292 g/mol. The molecule has 1 atom stereocenters. The minimum atomic E-state index is 0.440. The summed E-state index contributed by atoms with van der Waals surface area (Å²) in [5.41, 5.74) is 0.989. The molecular weight excluding hydrogens is 274 g/mol. The van der Waals surface area contributed by atoms with Crippen LogP contribution in [0.1, 0.15) is 25.7 Å². The summed E-state index contributed by atoms with van der Waals surface area (Å²) in [7, 11) is 0. The Morgan fingerprint density at radius 3 is 2.85 bits per heavy atom. The predicted octanol–water partition coefficient (Wildman–Crippen LogP) is 2.65. The normalized spacial score (nSPS) is 19.2. The summed E-state index contributed by atoms with van der Waals surface area (Å²) in [6.45, 7) is 0.995. The van der Waals surface area contributed by atoms with E-state index in [0.29, 0.717) is 11.9 Å². The summed E-state index contributed by atoms with van der Waals surface area (Å²) in [4.78, 5) is 2.30. The van der Waals surface area contributed by atoms with E-state index in [1.807, 2.05) is 35.0 Å². The first kappa shape index (κ1) is 13.4. The zero-order valence-electron chi connectivity index (χ0n) is 11.3. The summed E-state index contributed by atoms with van der Waals surface area (Å²) in [6, 6.07) is 10.4. The molecular formula is C14H18ClN5. The van der Waals surface area contributed by atoms with Gasteiger partial charge in [-0.3, -0.25) is 0 Å². The number of benzene rings is 1. The third-order valence-corrected chi connectivity index (χ3v) is 4.00. The number of hydrogen-bond donors (Lipinski definition) is 0. The second-order valence-electron chi connectivity index (χ2n) is 5.05. The Balaban J connectivity index is 1.92. The van der Waals surface area contributed by atoms with Gasteiger partial charge in [0.05, 0.1) is 5.69 Å². The van der Waals surface area contributed by atoms with Gasteiger partial charge >= 0.3 is 0 Å². The van der Waals surface area contributed by atoms with Crippen molar-refractivity contribution in [3.63, 3.8) is 0 Å². The van der Waals surface area contributed by atoms with E-state index in [2.05, 4.69) is 20.4 Å². The van der Waals surface area contributed by atoms with Crippen LogP contribution in [0, 0.1) is 0 Å². The highest BCUT2D eigenvalue weighted by Crippen LogP contribution is 2.26. The zero-order valence-corrected chi connectivity index (χ0v) is 12.1. The smallest absolute Gasteiger partial charge is 0.250 e. The van der Waals surface area contributed by atoms with Crippen molar-refractivity contribution in [2.24, 2.45) is 0 Å². The summed E-state index contributed by atoms with van der Waals surface area (Å²) < 4.78 is 1.81. The number of nitrogens with zero attached hydrogens (tertiary/aromatic N) is 5. The highest BCUT2D eigenvalue weighted by molar-refractivity contribution is 6.17. The van der Waals surface area contributed by atoms with Gasteiger partial charge < -0.3 is 4.90 Å². The Morgan fingerprint density at radius 2 is 2.05 bits per heavy atom. The van der Waals surface area contributed by atoms with Crippen molar-refractivity contribution in [3.05, 3.63) is 30.3 Å². The molecule has 1 aromatic carbocycles. The van der Waals surface area contributed by atoms with Crippen LogP contribution in [0.2, 0.25) is 0 Å². The van der Waals surface area contributed by atoms with E-state index in [1.54, 1.807) is 0 Å². The van der Waals surface area contributed by atoms with Crippen LogP contribution in [0.5, 0.6) is 0 Å². The maximum atomic E-state index is 5.93. The number of anilines is 1. The van der Waals surface area contributed by atoms with Gasteiger partial charge in [-0.15, -0.1) is 11.6 Å². The van der Waals surface area contributed by atoms with E-state index < -0.39 is 0 Å². The van der Waals surface area contributed by atoms with Crippen molar-refractivity contribution < 1.29 is 0 Å². The Bertz CT molecular complexity index is 540. The van der Waals surface area contributed by atoms with Gasteiger partial charge in [0.1, 0.15) is 0 Å². The molecule has 0 N–H and O–H groups in total. The van der Waals surface area contributed by atoms with Crippen LogP contribution < -0.4 is 4.90 Å². The molecule has 3 rings (SSSR count).